The molecule has 1 unspecified atom stereocenters. The summed E-state index contributed by atoms with van der Waals surface area (Å²) in [7, 11) is -2.01. The number of rotatable bonds is 4. The summed E-state index contributed by atoms with van der Waals surface area (Å²) in [6.45, 7) is 0.884. The molecule has 20 heavy (non-hydrogen) atoms. The van der Waals surface area contributed by atoms with Crippen LogP contribution in [0.3, 0.4) is 0 Å². The molecule has 2 rings (SSSR count). The highest BCUT2D eigenvalue weighted by molar-refractivity contribution is 9.10. The van der Waals surface area contributed by atoms with E-state index in [-0.39, 0.29) is 10.9 Å². The van der Waals surface area contributed by atoms with Crippen LogP contribution in [0, 0.1) is 0 Å². The van der Waals surface area contributed by atoms with E-state index in [0.29, 0.717) is 18.8 Å². The van der Waals surface area contributed by atoms with Crippen LogP contribution < -0.4 is 10.5 Å². The Morgan fingerprint density at radius 2 is 2.20 bits per heavy atom. The molecule has 0 aliphatic carbocycles. The summed E-state index contributed by atoms with van der Waals surface area (Å²) < 4.78 is 32.9. The normalized spacial score (nSPS) is 20.9. The molecule has 1 fully saturated rings. The van der Waals surface area contributed by atoms with E-state index >= 15 is 0 Å². The highest BCUT2D eigenvalue weighted by atomic mass is 79.9. The molecule has 112 valence electrons. The maximum atomic E-state index is 12.7. The monoisotopic (exact) mass is 362 g/mol. The van der Waals surface area contributed by atoms with E-state index in [1.165, 1.54) is 11.4 Å². The first kappa shape index (κ1) is 15.8. The van der Waals surface area contributed by atoms with Gasteiger partial charge in [0.1, 0.15) is 5.75 Å². The van der Waals surface area contributed by atoms with Gasteiger partial charge in [0, 0.05) is 25.2 Å². The van der Waals surface area contributed by atoms with Gasteiger partial charge in [-0.2, -0.15) is 4.31 Å². The molecule has 1 aliphatic heterocycles. The topological polar surface area (TPSA) is 72.6 Å². The van der Waals surface area contributed by atoms with Gasteiger partial charge in [-0.15, -0.1) is 0 Å². The van der Waals surface area contributed by atoms with Crippen LogP contribution in [0.15, 0.2) is 27.6 Å². The van der Waals surface area contributed by atoms with Crippen LogP contribution in [0.4, 0.5) is 0 Å². The van der Waals surface area contributed by atoms with Crippen molar-refractivity contribution in [1.82, 2.24) is 4.31 Å². The SMILES string of the molecule is COc1cc(S(=O)(=O)N2CCCCC2CN)ccc1Br. The van der Waals surface area contributed by atoms with Crippen molar-refractivity contribution in [2.24, 2.45) is 5.73 Å². The lowest BCUT2D eigenvalue weighted by Crippen LogP contribution is -2.47. The fourth-order valence-electron chi connectivity index (χ4n) is 2.46. The predicted octanol–water partition coefficient (Wildman–Crippen LogP) is 1.96. The lowest BCUT2D eigenvalue weighted by Gasteiger charge is -2.33. The smallest absolute Gasteiger partial charge is 0.243 e. The van der Waals surface area contributed by atoms with Gasteiger partial charge < -0.3 is 10.5 Å². The number of halogens is 1. The molecule has 1 heterocycles. The largest absolute Gasteiger partial charge is 0.496 e. The molecule has 0 saturated carbocycles. The Morgan fingerprint density at radius 1 is 1.45 bits per heavy atom. The third kappa shape index (κ3) is 3.00. The van der Waals surface area contributed by atoms with Crippen LogP contribution in [0.1, 0.15) is 19.3 Å². The van der Waals surface area contributed by atoms with E-state index in [1.807, 2.05) is 0 Å². The number of nitrogens with two attached hydrogens (primary N) is 1. The minimum Gasteiger partial charge on any atom is -0.496 e. The molecule has 7 heteroatoms. The number of benzene rings is 1. The molecule has 2 N–H and O–H groups in total. The van der Waals surface area contributed by atoms with E-state index in [4.69, 9.17) is 10.5 Å². The zero-order valence-electron chi connectivity index (χ0n) is 11.4. The summed E-state index contributed by atoms with van der Waals surface area (Å²) >= 11 is 3.33. The van der Waals surface area contributed by atoms with Crippen molar-refractivity contribution in [2.75, 3.05) is 20.2 Å². The van der Waals surface area contributed by atoms with Gasteiger partial charge in [0.2, 0.25) is 10.0 Å². The Bertz CT molecular complexity index is 577. The average Bonchev–Trinajstić information content (AvgIpc) is 2.47. The van der Waals surface area contributed by atoms with Crippen LogP contribution in [-0.4, -0.2) is 39.0 Å². The lowest BCUT2D eigenvalue weighted by molar-refractivity contribution is 0.257. The summed E-state index contributed by atoms with van der Waals surface area (Å²) in [5, 5.41) is 0. The van der Waals surface area contributed by atoms with Gasteiger partial charge in [-0.25, -0.2) is 8.42 Å². The maximum absolute atomic E-state index is 12.7. The highest BCUT2D eigenvalue weighted by Crippen LogP contribution is 2.31. The molecule has 0 spiro atoms. The number of hydrogen-bond acceptors (Lipinski definition) is 4. The van der Waals surface area contributed by atoms with Crippen molar-refractivity contribution < 1.29 is 13.2 Å². The molecular weight excluding hydrogens is 344 g/mol. The first-order valence-corrected chi connectivity index (χ1v) is 8.79. The predicted molar refractivity (Wildman–Crippen MR) is 81.3 cm³/mol. The van der Waals surface area contributed by atoms with Gasteiger partial charge in [0.25, 0.3) is 0 Å². The lowest BCUT2D eigenvalue weighted by atomic mass is 10.1. The Labute approximate surface area is 128 Å². The van der Waals surface area contributed by atoms with E-state index in [2.05, 4.69) is 15.9 Å². The fraction of sp³-hybridized carbons (Fsp3) is 0.538. The standard InChI is InChI=1S/C13H19BrN2O3S/c1-19-13-8-11(5-6-12(13)14)20(17,18)16-7-3-2-4-10(16)9-15/h5-6,8,10H,2-4,7,9,15H2,1H3. The van der Waals surface area contributed by atoms with Gasteiger partial charge >= 0.3 is 0 Å². The fourth-order valence-corrected chi connectivity index (χ4v) is 4.59. The number of methoxy groups -OCH3 is 1. The van der Waals surface area contributed by atoms with E-state index in [0.717, 1.165) is 23.7 Å². The minimum atomic E-state index is -3.52. The van der Waals surface area contributed by atoms with Crippen molar-refractivity contribution in [3.8, 4) is 5.75 Å². The molecule has 1 aliphatic rings. The first-order valence-electron chi connectivity index (χ1n) is 6.56. The van der Waals surface area contributed by atoms with Crippen LogP contribution in [0.2, 0.25) is 0 Å². The van der Waals surface area contributed by atoms with Gasteiger partial charge in [0.05, 0.1) is 16.5 Å². The average molecular weight is 363 g/mol. The summed E-state index contributed by atoms with van der Waals surface area (Å²) in [6, 6.07) is 4.71. The quantitative estimate of drug-likeness (QED) is 0.888. The second-order valence-electron chi connectivity index (χ2n) is 4.80. The Hall–Kier alpha value is -0.630. The summed E-state index contributed by atoms with van der Waals surface area (Å²) in [5.74, 6) is 0.507. The van der Waals surface area contributed by atoms with Crippen molar-refractivity contribution >= 4 is 26.0 Å². The minimum absolute atomic E-state index is 0.108. The zero-order chi connectivity index (χ0) is 14.8. The van der Waals surface area contributed by atoms with E-state index < -0.39 is 10.0 Å². The number of sulfonamides is 1. The molecule has 1 saturated heterocycles. The Kier molecular flexibility index (Phi) is 5.06. The molecule has 1 aromatic carbocycles. The third-order valence-corrected chi connectivity index (χ3v) is 6.18. The first-order chi connectivity index (χ1) is 9.50. The van der Waals surface area contributed by atoms with Gasteiger partial charge in [-0.1, -0.05) is 6.42 Å². The highest BCUT2D eigenvalue weighted by Gasteiger charge is 2.33. The summed E-state index contributed by atoms with van der Waals surface area (Å²) in [6.07, 6.45) is 2.73. The van der Waals surface area contributed by atoms with Gasteiger partial charge in [-0.3, -0.25) is 0 Å². The number of nitrogens with zero attached hydrogens (tertiary/aromatic N) is 1. The Balaban J connectivity index is 2.38. The third-order valence-electron chi connectivity index (χ3n) is 3.57. The van der Waals surface area contributed by atoms with Crippen LogP contribution in [0.25, 0.3) is 0 Å². The van der Waals surface area contributed by atoms with Crippen molar-refractivity contribution in [3.05, 3.63) is 22.7 Å². The number of ether oxygens (including phenoxy) is 1. The molecule has 1 atom stereocenters. The molecule has 1 aromatic rings. The molecule has 0 bridgehead atoms. The van der Waals surface area contributed by atoms with Crippen LogP contribution >= 0.6 is 15.9 Å². The maximum Gasteiger partial charge on any atom is 0.243 e. The van der Waals surface area contributed by atoms with E-state index in [9.17, 15) is 8.42 Å². The second kappa shape index (κ2) is 6.43. The van der Waals surface area contributed by atoms with E-state index in [1.54, 1.807) is 18.2 Å². The van der Waals surface area contributed by atoms with Gasteiger partial charge in [0.15, 0.2) is 0 Å². The van der Waals surface area contributed by atoms with Crippen molar-refractivity contribution in [1.29, 1.82) is 0 Å². The molecule has 0 aromatic heterocycles. The molecule has 5 nitrogen and oxygen atoms in total. The van der Waals surface area contributed by atoms with Gasteiger partial charge in [-0.05, 0) is 40.9 Å². The number of hydrogen-bond donors (Lipinski definition) is 1. The molecular formula is C13H19BrN2O3S. The van der Waals surface area contributed by atoms with Crippen molar-refractivity contribution in [3.63, 3.8) is 0 Å². The van der Waals surface area contributed by atoms with Crippen LogP contribution in [-0.2, 0) is 10.0 Å². The molecule has 0 amide bonds. The second-order valence-corrected chi connectivity index (χ2v) is 7.54. The number of piperidine rings is 1. The Morgan fingerprint density at radius 3 is 2.85 bits per heavy atom. The van der Waals surface area contributed by atoms with Crippen molar-refractivity contribution in [2.45, 2.75) is 30.2 Å². The van der Waals surface area contributed by atoms with Crippen LogP contribution in [0.5, 0.6) is 5.75 Å². The summed E-state index contributed by atoms with van der Waals surface area (Å²) in [4.78, 5) is 0.248. The molecule has 0 radical (unpaired) electrons. The zero-order valence-corrected chi connectivity index (χ0v) is 13.8. The summed E-state index contributed by atoms with van der Waals surface area (Å²) in [5.41, 5.74) is 5.71.